The van der Waals surface area contributed by atoms with Crippen LogP contribution in [0.2, 0.25) is 0 Å². The summed E-state index contributed by atoms with van der Waals surface area (Å²) in [6.07, 6.45) is -3.63. The molecule has 0 saturated heterocycles. The molecular weight excluding hydrogens is 456 g/mol. The molecular formula is C26H42O9. The minimum absolute atomic E-state index is 0.0603. The predicted molar refractivity (Wildman–Crippen MR) is 125 cm³/mol. The van der Waals surface area contributed by atoms with Gasteiger partial charge in [0.05, 0.1) is 41.2 Å². The molecule has 4 aliphatic rings. The van der Waals surface area contributed by atoms with Crippen molar-refractivity contribution < 1.29 is 45.6 Å². The van der Waals surface area contributed by atoms with Gasteiger partial charge in [-0.15, -0.1) is 0 Å². The first-order chi connectivity index (χ1) is 16.0. The minimum atomic E-state index is -1.69. The average Bonchev–Trinajstić information content (AvgIpc) is 3.04. The second-order valence-electron chi connectivity index (χ2n) is 12.6. The van der Waals surface area contributed by atoms with Crippen LogP contribution in [-0.4, -0.2) is 94.0 Å². The molecule has 12 atom stereocenters. The molecule has 3 fully saturated rings. The van der Waals surface area contributed by atoms with Crippen LogP contribution >= 0.6 is 0 Å². The number of aliphatic hydroxyl groups excluding tert-OH is 5. The molecule has 0 bridgehead atoms. The van der Waals surface area contributed by atoms with Crippen LogP contribution in [0.25, 0.3) is 0 Å². The fraction of sp³-hybridized carbons (Fsp3) is 0.885. The van der Waals surface area contributed by atoms with Crippen LogP contribution in [0.3, 0.4) is 0 Å². The van der Waals surface area contributed by atoms with Gasteiger partial charge < -0.3 is 40.9 Å². The van der Waals surface area contributed by atoms with Gasteiger partial charge in [0.15, 0.2) is 5.78 Å². The second kappa shape index (κ2) is 8.56. The number of carbonyl (C=O) groups is 1. The van der Waals surface area contributed by atoms with Gasteiger partial charge in [0, 0.05) is 23.7 Å². The summed E-state index contributed by atoms with van der Waals surface area (Å²) in [6, 6.07) is 0. The summed E-state index contributed by atoms with van der Waals surface area (Å²) < 4.78 is 0. The molecule has 9 nitrogen and oxygen atoms in total. The Morgan fingerprint density at radius 2 is 1.63 bits per heavy atom. The highest BCUT2D eigenvalue weighted by Crippen LogP contribution is 2.66. The van der Waals surface area contributed by atoms with Crippen molar-refractivity contribution >= 4 is 5.78 Å². The largest absolute Gasteiger partial charge is 0.390 e. The second-order valence-corrected chi connectivity index (χ2v) is 12.6. The SMILES string of the molecule is CC(C)(O)C(O)C[C@@H](O)[C@@](C)(O)[C@H]1CC[C@@]2(O)C3=CC(=O)C4C[C@@H](O)[C@@H](O)C(O)C4C3CC[C@]12C. The Hall–Kier alpha value is -0.910. The van der Waals surface area contributed by atoms with Crippen LogP contribution in [0, 0.1) is 29.1 Å². The Morgan fingerprint density at radius 1 is 1.00 bits per heavy atom. The lowest BCUT2D eigenvalue weighted by molar-refractivity contribution is -0.185. The lowest BCUT2D eigenvalue weighted by Gasteiger charge is -2.58. The third-order valence-electron chi connectivity index (χ3n) is 10.2. The third kappa shape index (κ3) is 3.94. The molecule has 0 heterocycles. The summed E-state index contributed by atoms with van der Waals surface area (Å²) in [5.41, 5.74) is -5.00. The van der Waals surface area contributed by atoms with Gasteiger partial charge in [0.1, 0.15) is 6.10 Å². The first-order valence-electron chi connectivity index (χ1n) is 12.8. The van der Waals surface area contributed by atoms with E-state index >= 15 is 0 Å². The zero-order valence-electron chi connectivity index (χ0n) is 21.0. The number of rotatable bonds is 5. The fourth-order valence-corrected chi connectivity index (χ4v) is 7.89. The summed E-state index contributed by atoms with van der Waals surface area (Å²) in [5.74, 6) is -2.44. The summed E-state index contributed by atoms with van der Waals surface area (Å²) in [4.78, 5) is 13.1. The van der Waals surface area contributed by atoms with E-state index in [1.807, 2.05) is 6.92 Å². The van der Waals surface area contributed by atoms with Crippen molar-refractivity contribution in [1.82, 2.24) is 0 Å². The molecule has 8 N–H and O–H groups in total. The molecule has 5 unspecified atom stereocenters. The first kappa shape index (κ1) is 27.1. The number of aliphatic hydroxyl groups is 8. The maximum Gasteiger partial charge on any atom is 0.159 e. The maximum absolute atomic E-state index is 13.1. The van der Waals surface area contributed by atoms with Gasteiger partial charge in [-0.2, -0.15) is 0 Å². The molecule has 0 radical (unpaired) electrons. The van der Waals surface area contributed by atoms with Crippen molar-refractivity contribution in [3.8, 4) is 0 Å². The summed E-state index contributed by atoms with van der Waals surface area (Å²) in [7, 11) is 0. The van der Waals surface area contributed by atoms with E-state index < -0.39 is 70.5 Å². The molecule has 0 aliphatic heterocycles. The highest BCUT2D eigenvalue weighted by molar-refractivity contribution is 5.94. The van der Waals surface area contributed by atoms with Crippen LogP contribution in [0.1, 0.15) is 66.2 Å². The molecule has 0 aromatic rings. The molecule has 200 valence electrons. The number of carbonyl (C=O) groups excluding carboxylic acids is 1. The summed E-state index contributed by atoms with van der Waals surface area (Å²) >= 11 is 0. The van der Waals surface area contributed by atoms with Crippen LogP contribution in [0.5, 0.6) is 0 Å². The van der Waals surface area contributed by atoms with Gasteiger partial charge in [-0.1, -0.05) is 6.92 Å². The first-order valence-corrected chi connectivity index (χ1v) is 12.8. The maximum atomic E-state index is 13.1. The molecule has 0 aromatic heterocycles. The van der Waals surface area contributed by atoms with E-state index in [0.717, 1.165) is 0 Å². The minimum Gasteiger partial charge on any atom is -0.390 e. The monoisotopic (exact) mass is 498 g/mol. The molecule has 0 spiro atoms. The van der Waals surface area contributed by atoms with Gasteiger partial charge >= 0.3 is 0 Å². The zero-order valence-corrected chi connectivity index (χ0v) is 21.0. The Balaban J connectivity index is 1.66. The quantitative estimate of drug-likeness (QED) is 0.246. The highest BCUT2D eigenvalue weighted by Gasteiger charge is 2.68. The molecule has 9 heteroatoms. The molecule has 4 aliphatic carbocycles. The average molecular weight is 499 g/mol. The van der Waals surface area contributed by atoms with E-state index in [-0.39, 0.29) is 31.0 Å². The van der Waals surface area contributed by atoms with E-state index in [0.29, 0.717) is 24.8 Å². The molecule has 3 saturated carbocycles. The van der Waals surface area contributed by atoms with E-state index in [4.69, 9.17) is 0 Å². The standard InChI is InChI=1S/C26H42O9/c1-23(2,33)18(29)11-19(30)25(4,34)17-6-8-26(35)14-10-15(27)13-9-16(28)21(31)22(32)20(13)12(14)5-7-24(17,26)3/h10,12-13,16-22,28-35H,5-9,11H2,1-4H3/t12?,13?,16-,17+,18?,19-,20?,21-,22?,24-,25+,26-/m1/s1. The Bertz CT molecular complexity index is 879. The van der Waals surface area contributed by atoms with Crippen LogP contribution in [0.4, 0.5) is 0 Å². The smallest absolute Gasteiger partial charge is 0.159 e. The Kier molecular flexibility index (Phi) is 6.64. The van der Waals surface area contributed by atoms with Gasteiger partial charge in [0.25, 0.3) is 0 Å². The van der Waals surface area contributed by atoms with Crippen LogP contribution < -0.4 is 0 Å². The number of allylic oxidation sites excluding steroid dienone is 1. The summed E-state index contributed by atoms with van der Waals surface area (Å²) in [5, 5.41) is 86.1. The van der Waals surface area contributed by atoms with Crippen molar-refractivity contribution in [1.29, 1.82) is 0 Å². The van der Waals surface area contributed by atoms with Crippen molar-refractivity contribution in [3.05, 3.63) is 11.6 Å². The topological polar surface area (TPSA) is 179 Å². The highest BCUT2D eigenvalue weighted by atomic mass is 16.4. The molecule has 0 aromatic carbocycles. The number of hydrogen-bond acceptors (Lipinski definition) is 9. The van der Waals surface area contributed by atoms with Crippen LogP contribution in [-0.2, 0) is 4.79 Å². The van der Waals surface area contributed by atoms with Crippen molar-refractivity contribution in [3.63, 3.8) is 0 Å². The Morgan fingerprint density at radius 3 is 2.23 bits per heavy atom. The van der Waals surface area contributed by atoms with Crippen LogP contribution in [0.15, 0.2) is 11.6 Å². The molecule has 0 amide bonds. The number of hydrogen-bond donors (Lipinski definition) is 8. The van der Waals surface area contributed by atoms with Crippen molar-refractivity contribution in [2.45, 2.75) is 114 Å². The van der Waals surface area contributed by atoms with E-state index in [2.05, 4.69) is 0 Å². The third-order valence-corrected chi connectivity index (χ3v) is 10.2. The van der Waals surface area contributed by atoms with E-state index in [9.17, 15) is 45.6 Å². The lowest BCUT2D eigenvalue weighted by Crippen LogP contribution is -2.63. The number of fused-ring (bicyclic) bond motifs is 5. The van der Waals surface area contributed by atoms with Crippen molar-refractivity contribution in [2.75, 3.05) is 0 Å². The van der Waals surface area contributed by atoms with E-state index in [1.54, 1.807) is 0 Å². The van der Waals surface area contributed by atoms with E-state index in [1.165, 1.54) is 26.8 Å². The Labute approximate surface area is 206 Å². The van der Waals surface area contributed by atoms with Gasteiger partial charge in [-0.25, -0.2) is 0 Å². The fourth-order valence-electron chi connectivity index (χ4n) is 7.89. The molecule has 4 rings (SSSR count). The normalized spacial score (nSPS) is 47.1. The van der Waals surface area contributed by atoms with Crippen molar-refractivity contribution in [2.24, 2.45) is 29.1 Å². The predicted octanol–water partition coefficient (Wildman–Crippen LogP) is -0.594. The van der Waals surface area contributed by atoms with Gasteiger partial charge in [-0.05, 0) is 76.4 Å². The van der Waals surface area contributed by atoms with Gasteiger partial charge in [0.2, 0.25) is 0 Å². The zero-order chi connectivity index (χ0) is 26.3. The number of ketones is 1. The lowest BCUT2D eigenvalue weighted by atomic mass is 9.49. The molecule has 35 heavy (non-hydrogen) atoms. The summed E-state index contributed by atoms with van der Waals surface area (Å²) in [6.45, 7) is 6.18. The van der Waals surface area contributed by atoms with Gasteiger partial charge in [-0.3, -0.25) is 4.79 Å².